The molecular weight excluding hydrogens is 362 g/mol. The van der Waals surface area contributed by atoms with Crippen LogP contribution in [0.1, 0.15) is 13.8 Å². The van der Waals surface area contributed by atoms with E-state index in [-0.39, 0.29) is 12.5 Å². The molecule has 9 nitrogen and oxygen atoms in total. The molecule has 0 aliphatic carbocycles. The summed E-state index contributed by atoms with van der Waals surface area (Å²) in [6, 6.07) is 12.4. The predicted octanol–water partition coefficient (Wildman–Crippen LogP) is 2.48. The van der Waals surface area contributed by atoms with Crippen molar-refractivity contribution >= 4 is 11.6 Å². The lowest BCUT2D eigenvalue weighted by molar-refractivity contribution is -0.118. The largest absolute Gasteiger partial charge is 0.494 e. The number of rotatable bonds is 9. The summed E-state index contributed by atoms with van der Waals surface area (Å²) in [5, 5.41) is 13.8. The first-order chi connectivity index (χ1) is 13.7. The number of aromatic nitrogens is 4. The number of hydrogen-bond acceptors (Lipinski definition) is 7. The topological polar surface area (TPSA) is 100 Å². The number of tetrazole rings is 1. The lowest BCUT2D eigenvalue weighted by Gasteiger charge is -2.14. The van der Waals surface area contributed by atoms with Crippen molar-refractivity contribution in [2.45, 2.75) is 13.8 Å². The summed E-state index contributed by atoms with van der Waals surface area (Å²) in [5.74, 6) is 1.48. The monoisotopic (exact) mass is 383 g/mol. The normalized spacial score (nSPS) is 10.4. The molecule has 3 aromatic rings. The third-order valence-corrected chi connectivity index (χ3v) is 3.66. The zero-order valence-corrected chi connectivity index (χ0v) is 15.7. The van der Waals surface area contributed by atoms with Crippen LogP contribution in [0, 0.1) is 0 Å². The van der Waals surface area contributed by atoms with Crippen LogP contribution >= 0.6 is 0 Å². The Morgan fingerprint density at radius 2 is 1.75 bits per heavy atom. The minimum atomic E-state index is -0.306. The standard InChI is InChI=1S/C19H21N5O4/c1-3-26-16-9-10-18(27-4-2)17(11-16)21-19(25)12-28-15-7-5-14(6-8-15)24-13-20-22-23-24/h5-11,13H,3-4,12H2,1-2H3,(H,21,25). The number of nitrogens with one attached hydrogen (secondary N) is 1. The lowest BCUT2D eigenvalue weighted by atomic mass is 10.2. The Bertz CT molecular complexity index is 897. The van der Waals surface area contributed by atoms with Crippen molar-refractivity contribution in [3.05, 3.63) is 48.8 Å². The number of nitrogens with zero attached hydrogens (tertiary/aromatic N) is 4. The molecule has 1 aromatic heterocycles. The number of ether oxygens (including phenoxy) is 3. The average molecular weight is 383 g/mol. The molecule has 0 aliphatic rings. The van der Waals surface area contributed by atoms with Crippen LogP contribution in [0.25, 0.3) is 5.69 Å². The van der Waals surface area contributed by atoms with Gasteiger partial charge >= 0.3 is 0 Å². The first-order valence-electron chi connectivity index (χ1n) is 8.85. The van der Waals surface area contributed by atoms with Crippen molar-refractivity contribution in [2.75, 3.05) is 25.1 Å². The van der Waals surface area contributed by atoms with Gasteiger partial charge < -0.3 is 19.5 Å². The first-order valence-corrected chi connectivity index (χ1v) is 8.85. The Kier molecular flexibility index (Phi) is 6.40. The molecule has 0 aliphatic heterocycles. The second kappa shape index (κ2) is 9.36. The first kappa shape index (κ1) is 19.2. The van der Waals surface area contributed by atoms with Gasteiger partial charge in [0.1, 0.15) is 23.6 Å². The van der Waals surface area contributed by atoms with E-state index < -0.39 is 0 Å². The van der Waals surface area contributed by atoms with Gasteiger partial charge in [0.05, 0.1) is 24.6 Å². The highest BCUT2D eigenvalue weighted by molar-refractivity contribution is 5.93. The van der Waals surface area contributed by atoms with Crippen molar-refractivity contribution in [1.82, 2.24) is 20.2 Å². The van der Waals surface area contributed by atoms with E-state index in [9.17, 15) is 4.79 Å². The second-order valence-corrected chi connectivity index (χ2v) is 5.61. The number of carbonyl (C=O) groups excluding carboxylic acids is 1. The van der Waals surface area contributed by atoms with Crippen molar-refractivity contribution in [2.24, 2.45) is 0 Å². The van der Waals surface area contributed by atoms with E-state index in [2.05, 4.69) is 20.8 Å². The van der Waals surface area contributed by atoms with Crippen molar-refractivity contribution < 1.29 is 19.0 Å². The van der Waals surface area contributed by atoms with Crippen LogP contribution in [0.3, 0.4) is 0 Å². The van der Waals surface area contributed by atoms with Crippen LogP contribution in [-0.4, -0.2) is 45.9 Å². The molecule has 146 valence electrons. The zero-order chi connectivity index (χ0) is 19.8. The summed E-state index contributed by atoms with van der Waals surface area (Å²) in [6.45, 7) is 4.65. The van der Waals surface area contributed by atoms with E-state index in [1.165, 1.54) is 11.0 Å². The fourth-order valence-corrected chi connectivity index (χ4v) is 2.45. The Morgan fingerprint density at radius 3 is 2.43 bits per heavy atom. The number of benzene rings is 2. The van der Waals surface area contributed by atoms with E-state index in [0.29, 0.717) is 36.1 Å². The van der Waals surface area contributed by atoms with Crippen LogP contribution < -0.4 is 19.5 Å². The van der Waals surface area contributed by atoms with Gasteiger partial charge in [-0.1, -0.05) is 0 Å². The van der Waals surface area contributed by atoms with Crippen LogP contribution in [-0.2, 0) is 4.79 Å². The van der Waals surface area contributed by atoms with Gasteiger partial charge in [0, 0.05) is 6.07 Å². The molecule has 28 heavy (non-hydrogen) atoms. The molecule has 0 saturated heterocycles. The third kappa shape index (κ3) is 4.97. The minimum absolute atomic E-state index is 0.144. The smallest absolute Gasteiger partial charge is 0.262 e. The average Bonchev–Trinajstić information content (AvgIpc) is 3.24. The molecule has 9 heteroatoms. The van der Waals surface area contributed by atoms with E-state index >= 15 is 0 Å². The summed E-state index contributed by atoms with van der Waals surface area (Å²) in [7, 11) is 0. The quantitative estimate of drug-likeness (QED) is 0.606. The fraction of sp³-hybridized carbons (Fsp3) is 0.263. The fourth-order valence-electron chi connectivity index (χ4n) is 2.45. The van der Waals surface area contributed by atoms with Gasteiger partial charge in [-0.2, -0.15) is 0 Å². The molecule has 0 unspecified atom stereocenters. The van der Waals surface area contributed by atoms with Gasteiger partial charge in [-0.3, -0.25) is 4.79 Å². The third-order valence-electron chi connectivity index (χ3n) is 3.66. The number of amides is 1. The SMILES string of the molecule is CCOc1ccc(OCC)c(NC(=O)COc2ccc(-n3cnnn3)cc2)c1. The maximum atomic E-state index is 12.3. The Hall–Kier alpha value is -3.62. The molecule has 0 bridgehead atoms. The van der Waals surface area contributed by atoms with Gasteiger partial charge in [0.25, 0.3) is 5.91 Å². The van der Waals surface area contributed by atoms with E-state index in [1.54, 1.807) is 42.5 Å². The van der Waals surface area contributed by atoms with E-state index in [1.807, 2.05) is 13.8 Å². The molecular formula is C19H21N5O4. The summed E-state index contributed by atoms with van der Waals surface area (Å²) in [5.41, 5.74) is 1.33. The van der Waals surface area contributed by atoms with Crippen molar-refractivity contribution in [3.8, 4) is 22.9 Å². The van der Waals surface area contributed by atoms with Crippen molar-refractivity contribution in [3.63, 3.8) is 0 Å². The Morgan fingerprint density at radius 1 is 1.00 bits per heavy atom. The molecule has 2 aromatic carbocycles. The maximum Gasteiger partial charge on any atom is 0.262 e. The number of carbonyl (C=O) groups is 1. The predicted molar refractivity (Wildman–Crippen MR) is 102 cm³/mol. The summed E-state index contributed by atoms with van der Waals surface area (Å²) in [4.78, 5) is 12.3. The summed E-state index contributed by atoms with van der Waals surface area (Å²) < 4.78 is 18.1. The summed E-state index contributed by atoms with van der Waals surface area (Å²) >= 11 is 0. The molecule has 0 fully saturated rings. The molecule has 0 atom stereocenters. The van der Waals surface area contributed by atoms with Gasteiger partial charge in [-0.05, 0) is 60.7 Å². The summed E-state index contributed by atoms with van der Waals surface area (Å²) in [6.07, 6.45) is 1.50. The molecule has 0 radical (unpaired) electrons. The highest BCUT2D eigenvalue weighted by atomic mass is 16.5. The van der Waals surface area contributed by atoms with Gasteiger partial charge in [-0.25, -0.2) is 4.68 Å². The molecule has 1 heterocycles. The lowest BCUT2D eigenvalue weighted by Crippen LogP contribution is -2.20. The van der Waals surface area contributed by atoms with Gasteiger partial charge in [0.15, 0.2) is 6.61 Å². The molecule has 1 amide bonds. The van der Waals surface area contributed by atoms with Crippen molar-refractivity contribution in [1.29, 1.82) is 0 Å². The zero-order valence-electron chi connectivity index (χ0n) is 15.7. The van der Waals surface area contributed by atoms with E-state index in [4.69, 9.17) is 14.2 Å². The molecule has 3 rings (SSSR count). The Balaban J connectivity index is 1.60. The van der Waals surface area contributed by atoms with Crippen LogP contribution in [0.15, 0.2) is 48.8 Å². The number of anilines is 1. The molecule has 0 spiro atoms. The van der Waals surface area contributed by atoms with Gasteiger partial charge in [0.2, 0.25) is 0 Å². The molecule has 1 N–H and O–H groups in total. The minimum Gasteiger partial charge on any atom is -0.494 e. The van der Waals surface area contributed by atoms with E-state index in [0.717, 1.165) is 5.69 Å². The van der Waals surface area contributed by atoms with Crippen LogP contribution in [0.4, 0.5) is 5.69 Å². The highest BCUT2D eigenvalue weighted by Gasteiger charge is 2.11. The molecule has 0 saturated carbocycles. The Labute approximate surface area is 162 Å². The number of hydrogen-bond donors (Lipinski definition) is 1. The maximum absolute atomic E-state index is 12.3. The van der Waals surface area contributed by atoms with Crippen LogP contribution in [0.2, 0.25) is 0 Å². The second-order valence-electron chi connectivity index (χ2n) is 5.61. The van der Waals surface area contributed by atoms with Crippen LogP contribution in [0.5, 0.6) is 17.2 Å². The van der Waals surface area contributed by atoms with Gasteiger partial charge in [-0.15, -0.1) is 5.10 Å². The highest BCUT2D eigenvalue weighted by Crippen LogP contribution is 2.29.